The summed E-state index contributed by atoms with van der Waals surface area (Å²) in [4.78, 5) is 35.2. The molecule has 3 heterocycles. The van der Waals surface area contributed by atoms with E-state index >= 15 is 0 Å². The lowest BCUT2D eigenvalue weighted by Crippen LogP contribution is -2.39. The van der Waals surface area contributed by atoms with Crippen molar-refractivity contribution in [3.63, 3.8) is 0 Å². The molecule has 1 spiro atoms. The van der Waals surface area contributed by atoms with E-state index in [2.05, 4.69) is 9.97 Å². The highest BCUT2D eigenvalue weighted by atomic mass is 16.6. The van der Waals surface area contributed by atoms with Crippen molar-refractivity contribution in [3.8, 4) is 0 Å². The number of hydrogen-bond donors (Lipinski definition) is 0. The van der Waals surface area contributed by atoms with Crippen LogP contribution in [0.25, 0.3) is 0 Å². The van der Waals surface area contributed by atoms with Gasteiger partial charge in [0.15, 0.2) is 5.60 Å². The van der Waals surface area contributed by atoms with Gasteiger partial charge >= 0.3 is 6.09 Å². The Labute approximate surface area is 116 Å². The number of carbonyl (C=O) groups is 2. The largest absolute Gasteiger partial charge is 0.439 e. The molecule has 1 aromatic rings. The van der Waals surface area contributed by atoms with Gasteiger partial charge in [0.1, 0.15) is 5.69 Å². The van der Waals surface area contributed by atoms with Gasteiger partial charge < -0.3 is 14.5 Å². The monoisotopic (exact) mass is 276 g/mol. The molecule has 20 heavy (non-hydrogen) atoms. The first-order chi connectivity index (χ1) is 9.49. The van der Waals surface area contributed by atoms with E-state index in [0.717, 1.165) is 5.69 Å². The van der Waals surface area contributed by atoms with Crippen LogP contribution in [0.5, 0.6) is 0 Å². The highest BCUT2D eigenvalue weighted by Gasteiger charge is 2.49. The Hall–Kier alpha value is -2.18. The summed E-state index contributed by atoms with van der Waals surface area (Å²) in [7, 11) is 1.70. The molecule has 0 saturated carbocycles. The molecule has 0 aromatic carbocycles. The standard InChI is InChI=1S/C13H16N4O3/c1-9-5-15-10(6-14-9)11(18)17-4-3-13(8-17)7-16(2)12(19)20-13/h5-6H,3-4,7-8H2,1-2H3/t13-/m1/s1. The van der Waals surface area contributed by atoms with Gasteiger partial charge in [-0.2, -0.15) is 0 Å². The number of likely N-dealkylation sites (N-methyl/N-ethyl adjacent to an activating group) is 1. The number of rotatable bonds is 1. The summed E-state index contributed by atoms with van der Waals surface area (Å²) in [6.45, 7) is 3.32. The van der Waals surface area contributed by atoms with E-state index in [1.807, 2.05) is 6.92 Å². The summed E-state index contributed by atoms with van der Waals surface area (Å²) in [5, 5.41) is 0. The van der Waals surface area contributed by atoms with Crippen molar-refractivity contribution >= 4 is 12.0 Å². The number of hydrogen-bond acceptors (Lipinski definition) is 5. The number of aromatic nitrogens is 2. The number of carbonyl (C=O) groups excluding carboxylic acids is 2. The number of aryl methyl sites for hydroxylation is 1. The Morgan fingerprint density at radius 2 is 2.15 bits per heavy atom. The third-order valence-electron chi connectivity index (χ3n) is 3.74. The summed E-state index contributed by atoms with van der Waals surface area (Å²) in [5.41, 5.74) is 0.538. The molecule has 0 bridgehead atoms. The first kappa shape index (κ1) is 12.8. The molecule has 0 N–H and O–H groups in total. The SMILES string of the molecule is Cc1cnc(C(=O)N2CC[C@@]3(CN(C)C(=O)O3)C2)cn1. The van der Waals surface area contributed by atoms with Gasteiger partial charge in [-0.15, -0.1) is 0 Å². The van der Waals surface area contributed by atoms with Gasteiger partial charge in [0.2, 0.25) is 0 Å². The maximum Gasteiger partial charge on any atom is 0.410 e. The van der Waals surface area contributed by atoms with E-state index in [0.29, 0.717) is 31.7 Å². The van der Waals surface area contributed by atoms with E-state index in [-0.39, 0.29) is 12.0 Å². The van der Waals surface area contributed by atoms with Gasteiger partial charge in [-0.25, -0.2) is 9.78 Å². The van der Waals surface area contributed by atoms with Crippen molar-refractivity contribution in [1.82, 2.24) is 19.8 Å². The van der Waals surface area contributed by atoms with Crippen LogP contribution in [0, 0.1) is 6.92 Å². The molecule has 106 valence electrons. The van der Waals surface area contributed by atoms with Gasteiger partial charge in [0, 0.05) is 26.2 Å². The Bertz CT molecular complexity index is 559. The minimum Gasteiger partial charge on any atom is -0.439 e. The molecule has 2 fully saturated rings. The van der Waals surface area contributed by atoms with Gasteiger partial charge in [-0.1, -0.05) is 0 Å². The molecule has 1 aromatic heterocycles. The quantitative estimate of drug-likeness (QED) is 0.744. The number of likely N-dealkylation sites (tertiary alicyclic amines) is 1. The summed E-state index contributed by atoms with van der Waals surface area (Å²) in [6, 6.07) is 0. The lowest BCUT2D eigenvalue weighted by atomic mass is 10.0. The van der Waals surface area contributed by atoms with Crippen LogP contribution in [0.3, 0.4) is 0 Å². The van der Waals surface area contributed by atoms with Gasteiger partial charge in [-0.05, 0) is 6.92 Å². The highest BCUT2D eigenvalue weighted by Crippen LogP contribution is 2.32. The van der Waals surface area contributed by atoms with E-state index in [9.17, 15) is 9.59 Å². The smallest absolute Gasteiger partial charge is 0.410 e. The van der Waals surface area contributed by atoms with Crippen LogP contribution in [0.2, 0.25) is 0 Å². The predicted molar refractivity (Wildman–Crippen MR) is 69.1 cm³/mol. The van der Waals surface area contributed by atoms with Crippen LogP contribution in [0.1, 0.15) is 22.6 Å². The molecule has 2 aliphatic heterocycles. The van der Waals surface area contributed by atoms with Crippen molar-refractivity contribution in [2.45, 2.75) is 18.9 Å². The fourth-order valence-electron chi connectivity index (χ4n) is 2.69. The van der Waals surface area contributed by atoms with Gasteiger partial charge in [0.25, 0.3) is 5.91 Å². The van der Waals surface area contributed by atoms with Gasteiger partial charge in [0.05, 0.1) is 25.0 Å². The molecule has 1 atom stereocenters. The molecule has 0 aliphatic carbocycles. The summed E-state index contributed by atoms with van der Waals surface area (Å²) in [6.07, 6.45) is 3.39. The average molecular weight is 276 g/mol. The molecule has 2 aliphatic rings. The van der Waals surface area contributed by atoms with Crippen molar-refractivity contribution in [2.75, 3.05) is 26.7 Å². The molecule has 7 heteroatoms. The van der Waals surface area contributed by atoms with Crippen molar-refractivity contribution in [2.24, 2.45) is 0 Å². The second-order valence-electron chi connectivity index (χ2n) is 5.43. The van der Waals surface area contributed by atoms with E-state index in [4.69, 9.17) is 4.74 Å². The second kappa shape index (κ2) is 4.43. The zero-order chi connectivity index (χ0) is 14.3. The zero-order valence-electron chi connectivity index (χ0n) is 11.5. The number of ether oxygens (including phenoxy) is 1. The first-order valence-corrected chi connectivity index (χ1v) is 6.51. The Balaban J connectivity index is 1.73. The summed E-state index contributed by atoms with van der Waals surface area (Å²) < 4.78 is 5.41. The molecular formula is C13H16N4O3. The average Bonchev–Trinajstić information content (AvgIpc) is 2.94. The minimum atomic E-state index is -0.556. The lowest BCUT2D eigenvalue weighted by molar-refractivity contribution is 0.0550. The fraction of sp³-hybridized carbons (Fsp3) is 0.538. The van der Waals surface area contributed by atoms with Crippen LogP contribution in [0.15, 0.2) is 12.4 Å². The van der Waals surface area contributed by atoms with Crippen LogP contribution in [-0.2, 0) is 4.74 Å². The third-order valence-corrected chi connectivity index (χ3v) is 3.74. The topological polar surface area (TPSA) is 75.6 Å². The molecule has 7 nitrogen and oxygen atoms in total. The maximum absolute atomic E-state index is 12.3. The molecule has 0 unspecified atom stereocenters. The Morgan fingerprint density at radius 3 is 2.75 bits per heavy atom. The van der Waals surface area contributed by atoms with Crippen molar-refractivity contribution in [1.29, 1.82) is 0 Å². The van der Waals surface area contributed by atoms with Crippen LogP contribution >= 0.6 is 0 Å². The van der Waals surface area contributed by atoms with E-state index in [1.165, 1.54) is 6.20 Å². The van der Waals surface area contributed by atoms with Crippen LogP contribution in [-0.4, -0.2) is 64.1 Å². The highest BCUT2D eigenvalue weighted by molar-refractivity contribution is 5.92. The maximum atomic E-state index is 12.3. The van der Waals surface area contributed by atoms with Crippen LogP contribution < -0.4 is 0 Å². The second-order valence-corrected chi connectivity index (χ2v) is 5.43. The van der Waals surface area contributed by atoms with E-state index in [1.54, 1.807) is 23.0 Å². The fourth-order valence-corrected chi connectivity index (χ4v) is 2.69. The molecule has 2 saturated heterocycles. The number of amides is 2. The van der Waals surface area contributed by atoms with Crippen molar-refractivity contribution in [3.05, 3.63) is 23.8 Å². The number of nitrogens with zero attached hydrogens (tertiary/aromatic N) is 4. The Kier molecular flexibility index (Phi) is 2.84. The minimum absolute atomic E-state index is 0.167. The Morgan fingerprint density at radius 1 is 1.35 bits per heavy atom. The van der Waals surface area contributed by atoms with E-state index < -0.39 is 5.60 Å². The zero-order valence-corrected chi connectivity index (χ0v) is 11.5. The molecular weight excluding hydrogens is 260 g/mol. The normalized spacial score (nSPS) is 25.4. The summed E-state index contributed by atoms with van der Waals surface area (Å²) in [5.74, 6) is -0.167. The van der Waals surface area contributed by atoms with Gasteiger partial charge in [-0.3, -0.25) is 9.78 Å². The molecule has 2 amide bonds. The summed E-state index contributed by atoms with van der Waals surface area (Å²) >= 11 is 0. The first-order valence-electron chi connectivity index (χ1n) is 6.51. The lowest BCUT2D eigenvalue weighted by Gasteiger charge is -2.21. The molecule has 0 radical (unpaired) electrons. The molecule has 3 rings (SSSR count). The predicted octanol–water partition coefficient (Wildman–Crippen LogP) is 0.452. The van der Waals surface area contributed by atoms with Crippen LogP contribution in [0.4, 0.5) is 4.79 Å². The third kappa shape index (κ3) is 2.09. The van der Waals surface area contributed by atoms with Crippen molar-refractivity contribution < 1.29 is 14.3 Å².